The largest absolute Gasteiger partial charge is 0.350 e. The molecule has 0 radical (unpaired) electrons. The average Bonchev–Trinajstić information content (AvgIpc) is 3.10. The zero-order valence-corrected chi connectivity index (χ0v) is 13.3. The van der Waals surface area contributed by atoms with E-state index in [0.717, 1.165) is 16.5 Å². The van der Waals surface area contributed by atoms with E-state index in [1.54, 1.807) is 13.8 Å². The molecule has 0 aliphatic heterocycles. The van der Waals surface area contributed by atoms with Gasteiger partial charge in [-0.1, -0.05) is 23.4 Å². The number of nitrogens with one attached hydrogen (secondary N) is 1. The van der Waals surface area contributed by atoms with Crippen molar-refractivity contribution in [3.63, 3.8) is 0 Å². The summed E-state index contributed by atoms with van der Waals surface area (Å²) in [5, 5.41) is 7.63. The molecule has 2 aromatic heterocycles. The van der Waals surface area contributed by atoms with Crippen LogP contribution in [-0.2, 0) is 11.8 Å². The van der Waals surface area contributed by atoms with E-state index < -0.39 is 0 Å². The van der Waals surface area contributed by atoms with Gasteiger partial charge >= 0.3 is 0 Å². The summed E-state index contributed by atoms with van der Waals surface area (Å²) < 4.78 is 7.09. The van der Waals surface area contributed by atoms with Crippen LogP contribution in [0.25, 0.3) is 17.0 Å². The predicted octanol–water partition coefficient (Wildman–Crippen LogP) is 2.76. The molecule has 0 bridgehead atoms. The highest BCUT2D eigenvalue weighted by Crippen LogP contribution is 2.21. The Morgan fingerprint density at radius 1 is 1.39 bits per heavy atom. The second-order valence-electron chi connectivity index (χ2n) is 5.46. The molecule has 0 saturated carbocycles. The first-order chi connectivity index (χ1) is 11.0. The van der Waals surface area contributed by atoms with E-state index >= 15 is 0 Å². The molecule has 23 heavy (non-hydrogen) atoms. The Morgan fingerprint density at radius 2 is 2.17 bits per heavy atom. The zero-order valence-electron chi connectivity index (χ0n) is 13.3. The molecule has 0 spiro atoms. The summed E-state index contributed by atoms with van der Waals surface area (Å²) in [6.45, 7) is 3.54. The van der Waals surface area contributed by atoms with Crippen LogP contribution in [0, 0.1) is 6.92 Å². The Bertz CT molecular complexity index is 876. The fourth-order valence-electron chi connectivity index (χ4n) is 2.48. The van der Waals surface area contributed by atoms with E-state index in [9.17, 15) is 4.79 Å². The molecule has 0 fully saturated rings. The summed E-state index contributed by atoms with van der Waals surface area (Å²) in [6, 6.07) is 7.74. The van der Waals surface area contributed by atoms with E-state index in [2.05, 4.69) is 15.5 Å². The SMILES string of the molecule is Cc1noc(C(C)NC(=O)/C=C/c2cn(C)c3ccccc23)n1. The molecular weight excluding hydrogens is 292 g/mol. The van der Waals surface area contributed by atoms with E-state index in [1.807, 2.05) is 48.2 Å². The second-order valence-corrected chi connectivity index (χ2v) is 5.46. The Hall–Kier alpha value is -2.89. The molecule has 1 aromatic carbocycles. The van der Waals surface area contributed by atoms with Gasteiger partial charge in [-0.3, -0.25) is 4.79 Å². The van der Waals surface area contributed by atoms with Crippen molar-refractivity contribution in [2.75, 3.05) is 0 Å². The van der Waals surface area contributed by atoms with Gasteiger partial charge < -0.3 is 14.4 Å². The van der Waals surface area contributed by atoms with E-state index in [1.165, 1.54) is 6.08 Å². The van der Waals surface area contributed by atoms with Gasteiger partial charge in [0.15, 0.2) is 5.82 Å². The van der Waals surface area contributed by atoms with Gasteiger partial charge in [0.25, 0.3) is 0 Å². The second kappa shape index (κ2) is 6.08. The molecule has 0 aliphatic carbocycles. The lowest BCUT2D eigenvalue weighted by atomic mass is 10.1. The maximum Gasteiger partial charge on any atom is 0.248 e. The van der Waals surface area contributed by atoms with Gasteiger partial charge in [0, 0.05) is 35.8 Å². The highest BCUT2D eigenvalue weighted by Gasteiger charge is 2.14. The van der Waals surface area contributed by atoms with Crippen molar-refractivity contribution in [2.24, 2.45) is 7.05 Å². The summed E-state index contributed by atoms with van der Waals surface area (Å²) in [6.07, 6.45) is 5.32. The number of para-hydroxylation sites is 1. The van der Waals surface area contributed by atoms with Crippen molar-refractivity contribution in [2.45, 2.75) is 19.9 Å². The number of hydrogen-bond donors (Lipinski definition) is 1. The number of amides is 1. The lowest BCUT2D eigenvalue weighted by Gasteiger charge is -2.06. The first kappa shape index (κ1) is 15.0. The molecule has 2 heterocycles. The molecule has 3 aromatic rings. The van der Waals surface area contributed by atoms with Crippen LogP contribution in [0.5, 0.6) is 0 Å². The molecule has 0 saturated heterocycles. The van der Waals surface area contributed by atoms with Crippen molar-refractivity contribution < 1.29 is 9.32 Å². The zero-order chi connectivity index (χ0) is 16.4. The molecule has 1 N–H and O–H groups in total. The minimum absolute atomic E-state index is 0.207. The van der Waals surface area contributed by atoms with Crippen molar-refractivity contribution >= 4 is 22.9 Å². The number of nitrogens with zero attached hydrogens (tertiary/aromatic N) is 3. The normalized spacial score (nSPS) is 12.8. The Balaban J connectivity index is 1.73. The van der Waals surface area contributed by atoms with Gasteiger partial charge in [-0.05, 0) is 26.0 Å². The number of benzene rings is 1. The van der Waals surface area contributed by atoms with E-state index in [4.69, 9.17) is 4.52 Å². The van der Waals surface area contributed by atoms with Gasteiger partial charge in [-0.15, -0.1) is 0 Å². The quantitative estimate of drug-likeness (QED) is 0.752. The van der Waals surface area contributed by atoms with Gasteiger partial charge in [-0.25, -0.2) is 0 Å². The van der Waals surface area contributed by atoms with E-state index in [-0.39, 0.29) is 11.9 Å². The van der Waals surface area contributed by atoms with Crippen molar-refractivity contribution in [1.29, 1.82) is 0 Å². The van der Waals surface area contributed by atoms with Crippen LogP contribution in [0.3, 0.4) is 0 Å². The number of fused-ring (bicyclic) bond motifs is 1. The van der Waals surface area contributed by atoms with Crippen LogP contribution in [0.15, 0.2) is 41.1 Å². The number of aromatic nitrogens is 3. The van der Waals surface area contributed by atoms with Gasteiger partial charge in [0.1, 0.15) is 6.04 Å². The van der Waals surface area contributed by atoms with Crippen LogP contribution >= 0.6 is 0 Å². The molecular formula is C17H18N4O2. The molecule has 118 valence electrons. The van der Waals surface area contributed by atoms with Crippen LogP contribution < -0.4 is 5.32 Å². The van der Waals surface area contributed by atoms with Gasteiger partial charge in [0.2, 0.25) is 11.8 Å². The fraction of sp³-hybridized carbons (Fsp3) is 0.235. The highest BCUT2D eigenvalue weighted by molar-refractivity contribution is 5.96. The Morgan fingerprint density at radius 3 is 2.91 bits per heavy atom. The minimum atomic E-state index is -0.333. The summed E-state index contributed by atoms with van der Waals surface area (Å²) in [4.78, 5) is 16.2. The van der Waals surface area contributed by atoms with Crippen LogP contribution in [0.1, 0.15) is 30.2 Å². The number of carbonyl (C=O) groups excluding carboxylic acids is 1. The first-order valence-electron chi connectivity index (χ1n) is 7.37. The molecule has 3 rings (SSSR count). The molecule has 1 unspecified atom stereocenters. The third-order valence-corrected chi connectivity index (χ3v) is 3.61. The molecule has 6 nitrogen and oxygen atoms in total. The molecule has 0 aliphatic rings. The maximum atomic E-state index is 12.1. The fourth-order valence-corrected chi connectivity index (χ4v) is 2.48. The van der Waals surface area contributed by atoms with Crippen LogP contribution in [-0.4, -0.2) is 20.6 Å². The Labute approximate surface area is 133 Å². The monoisotopic (exact) mass is 310 g/mol. The molecule has 1 amide bonds. The summed E-state index contributed by atoms with van der Waals surface area (Å²) in [5.74, 6) is 0.739. The number of rotatable bonds is 4. The Kier molecular flexibility index (Phi) is 3.97. The number of hydrogen-bond acceptors (Lipinski definition) is 4. The minimum Gasteiger partial charge on any atom is -0.350 e. The topological polar surface area (TPSA) is 73.0 Å². The average molecular weight is 310 g/mol. The van der Waals surface area contributed by atoms with Crippen molar-refractivity contribution in [1.82, 2.24) is 20.0 Å². The standard InChI is InChI=1S/C17H18N4O2/c1-11(17-19-12(2)20-23-17)18-16(22)9-8-13-10-21(3)15-7-5-4-6-14(13)15/h4-11H,1-3H3,(H,18,22)/b9-8+. The van der Waals surface area contributed by atoms with Gasteiger partial charge in [-0.2, -0.15) is 4.98 Å². The molecule has 6 heteroatoms. The lowest BCUT2D eigenvalue weighted by Crippen LogP contribution is -2.24. The lowest BCUT2D eigenvalue weighted by molar-refractivity contribution is -0.117. The highest BCUT2D eigenvalue weighted by atomic mass is 16.5. The number of aryl methyl sites for hydroxylation is 2. The summed E-state index contributed by atoms with van der Waals surface area (Å²) in [5.41, 5.74) is 2.13. The van der Waals surface area contributed by atoms with Crippen LogP contribution in [0.2, 0.25) is 0 Å². The van der Waals surface area contributed by atoms with Crippen LogP contribution in [0.4, 0.5) is 0 Å². The number of carbonyl (C=O) groups is 1. The third kappa shape index (κ3) is 3.15. The van der Waals surface area contributed by atoms with Gasteiger partial charge in [0.05, 0.1) is 0 Å². The first-order valence-corrected chi connectivity index (χ1v) is 7.37. The van der Waals surface area contributed by atoms with E-state index in [0.29, 0.717) is 11.7 Å². The third-order valence-electron chi connectivity index (χ3n) is 3.61. The summed E-state index contributed by atoms with van der Waals surface area (Å²) in [7, 11) is 1.99. The predicted molar refractivity (Wildman–Crippen MR) is 87.5 cm³/mol. The summed E-state index contributed by atoms with van der Waals surface area (Å²) >= 11 is 0. The van der Waals surface area contributed by atoms with Crippen molar-refractivity contribution in [3.05, 3.63) is 53.8 Å². The smallest absolute Gasteiger partial charge is 0.248 e. The maximum absolute atomic E-state index is 12.1. The van der Waals surface area contributed by atoms with Crippen molar-refractivity contribution in [3.8, 4) is 0 Å². The molecule has 1 atom stereocenters.